The van der Waals surface area contributed by atoms with Crippen LogP contribution < -0.4 is 0 Å². The van der Waals surface area contributed by atoms with Crippen molar-refractivity contribution in [3.8, 4) is 0 Å². The van der Waals surface area contributed by atoms with E-state index in [0.717, 1.165) is 0 Å². The van der Waals surface area contributed by atoms with Crippen LogP contribution in [0, 0.1) is 0 Å². The molecule has 0 aliphatic heterocycles. The summed E-state index contributed by atoms with van der Waals surface area (Å²) in [6.07, 6.45) is 0. The number of rotatable bonds is 6. The van der Waals surface area contributed by atoms with Gasteiger partial charge in [0, 0.05) is 0 Å². The zero-order chi connectivity index (χ0) is 17.3. The fraction of sp³-hybridized carbons (Fsp3) is 1.00. The van der Waals surface area contributed by atoms with Crippen molar-refractivity contribution in [2.24, 2.45) is 0 Å². The van der Waals surface area contributed by atoms with E-state index < -0.39 is 38.3 Å². The molecule has 0 fully saturated rings. The van der Waals surface area contributed by atoms with Gasteiger partial charge in [0.2, 0.25) is 0 Å². The van der Waals surface area contributed by atoms with Gasteiger partial charge in [0.05, 0.1) is 0 Å². The SMILES string of the molecule is CC(C)(C)O[Si](C)(C)[O][Zr]([CH3])([CH3])[O][Si](C)(C)OC(C)(C)C. The topological polar surface area (TPSA) is 36.9 Å². The molecule has 21 heavy (non-hydrogen) atoms. The summed E-state index contributed by atoms with van der Waals surface area (Å²) < 4.78 is 29.4. The van der Waals surface area contributed by atoms with Crippen molar-refractivity contribution in [2.45, 2.75) is 88.2 Å². The quantitative estimate of drug-likeness (QED) is 0.563. The zero-order valence-corrected chi connectivity index (χ0v) is 20.6. The zero-order valence-electron chi connectivity index (χ0n) is 16.1. The summed E-state index contributed by atoms with van der Waals surface area (Å²) in [6, 6.07) is 0. The third-order valence-electron chi connectivity index (χ3n) is 2.09. The number of hydrogen-bond acceptors (Lipinski definition) is 4. The van der Waals surface area contributed by atoms with Crippen LogP contribution in [0.1, 0.15) is 41.5 Å². The molecule has 0 aliphatic carbocycles. The Hall–Kier alpha value is 1.16. The first kappa shape index (κ1) is 22.2. The Labute approximate surface area is 140 Å². The molecule has 0 N–H and O–H groups in total. The summed E-state index contributed by atoms with van der Waals surface area (Å²) in [4.78, 5) is 0. The molecule has 128 valence electrons. The molecule has 4 nitrogen and oxygen atoms in total. The average molecular weight is 416 g/mol. The first-order valence-electron chi connectivity index (χ1n) is 7.63. The van der Waals surface area contributed by atoms with E-state index in [4.69, 9.17) is 13.9 Å². The summed E-state index contributed by atoms with van der Waals surface area (Å²) in [6.45, 7) is 20.8. The Kier molecular flexibility index (Phi) is 7.34. The molecule has 0 aromatic carbocycles. The van der Waals surface area contributed by atoms with E-state index in [1.807, 2.05) is 0 Å². The van der Waals surface area contributed by atoms with Crippen LogP contribution in [0.5, 0.6) is 0 Å². The first-order chi connectivity index (χ1) is 8.83. The van der Waals surface area contributed by atoms with E-state index in [9.17, 15) is 0 Å². The molecular formula is C14H36O4Si2Zr. The van der Waals surface area contributed by atoms with Crippen molar-refractivity contribution in [1.29, 1.82) is 0 Å². The Morgan fingerprint density at radius 3 is 1.05 bits per heavy atom. The van der Waals surface area contributed by atoms with Gasteiger partial charge in [0.1, 0.15) is 0 Å². The van der Waals surface area contributed by atoms with Crippen LogP contribution in [0.2, 0.25) is 35.5 Å². The van der Waals surface area contributed by atoms with Crippen LogP contribution >= 0.6 is 0 Å². The van der Waals surface area contributed by atoms with Crippen LogP contribution in [-0.4, -0.2) is 28.3 Å². The van der Waals surface area contributed by atoms with Gasteiger partial charge in [-0.2, -0.15) is 0 Å². The summed E-state index contributed by atoms with van der Waals surface area (Å²) in [5.41, 5.74) is -0.376. The van der Waals surface area contributed by atoms with Gasteiger partial charge in [-0.3, -0.25) is 0 Å². The third-order valence-corrected chi connectivity index (χ3v) is 20.8. The predicted molar refractivity (Wildman–Crippen MR) is 90.5 cm³/mol. The molecule has 0 saturated heterocycles. The van der Waals surface area contributed by atoms with Crippen molar-refractivity contribution in [2.75, 3.05) is 0 Å². The Bertz CT molecular complexity index is 312. The summed E-state index contributed by atoms with van der Waals surface area (Å²) in [7, 11) is -4.40. The van der Waals surface area contributed by atoms with Gasteiger partial charge in [-0.15, -0.1) is 0 Å². The molecule has 0 amide bonds. The van der Waals surface area contributed by atoms with Crippen molar-refractivity contribution < 1.29 is 35.0 Å². The van der Waals surface area contributed by atoms with Gasteiger partial charge in [0.25, 0.3) is 0 Å². The fourth-order valence-corrected chi connectivity index (χ4v) is 27.3. The fourth-order valence-electron chi connectivity index (χ4n) is 2.72. The van der Waals surface area contributed by atoms with Crippen molar-refractivity contribution in [3.63, 3.8) is 0 Å². The Morgan fingerprint density at radius 1 is 0.619 bits per heavy atom. The molecule has 0 atom stereocenters. The molecule has 0 bridgehead atoms. The molecule has 7 heteroatoms. The van der Waals surface area contributed by atoms with Gasteiger partial charge in [-0.25, -0.2) is 0 Å². The molecule has 0 unspecified atom stereocenters. The van der Waals surface area contributed by atoms with Gasteiger partial charge >= 0.3 is 140 Å². The van der Waals surface area contributed by atoms with Crippen LogP contribution in [0.3, 0.4) is 0 Å². The summed E-state index contributed by atoms with van der Waals surface area (Å²) in [5, 5.41) is 0. The van der Waals surface area contributed by atoms with E-state index in [-0.39, 0.29) is 11.2 Å². The molecule has 0 spiro atoms. The van der Waals surface area contributed by atoms with E-state index in [2.05, 4.69) is 77.0 Å². The van der Waals surface area contributed by atoms with Gasteiger partial charge in [0.15, 0.2) is 0 Å². The molecule has 0 radical (unpaired) electrons. The van der Waals surface area contributed by atoms with E-state index in [0.29, 0.717) is 0 Å². The van der Waals surface area contributed by atoms with Crippen LogP contribution in [0.25, 0.3) is 0 Å². The standard InChI is InChI=1S/2C6H15O2Si.2CH3.Zr/c2*1-6(2,3)8-9(4,5)7;;;/h2*1-5H3;2*1H3;/q2*-1;;;+2. The molecule has 0 aromatic rings. The molecular weight excluding hydrogens is 380 g/mol. The van der Waals surface area contributed by atoms with Crippen molar-refractivity contribution >= 4 is 17.1 Å². The number of hydrogen-bond donors (Lipinski definition) is 0. The van der Waals surface area contributed by atoms with Crippen LogP contribution in [0.15, 0.2) is 0 Å². The van der Waals surface area contributed by atoms with Crippen LogP contribution in [0.4, 0.5) is 0 Å². The Morgan fingerprint density at radius 2 is 0.857 bits per heavy atom. The predicted octanol–water partition coefficient (Wildman–Crippen LogP) is 5.13. The van der Waals surface area contributed by atoms with E-state index >= 15 is 0 Å². The maximum absolute atomic E-state index is 6.41. The van der Waals surface area contributed by atoms with Gasteiger partial charge < -0.3 is 0 Å². The van der Waals surface area contributed by atoms with E-state index in [1.165, 1.54) is 0 Å². The molecule has 0 heterocycles. The summed E-state index contributed by atoms with van der Waals surface area (Å²) in [5.74, 6) is 0. The summed E-state index contributed by atoms with van der Waals surface area (Å²) >= 11 is -3.11. The van der Waals surface area contributed by atoms with Crippen LogP contribution in [-0.2, 0) is 35.0 Å². The normalized spacial score (nSPS) is 15.4. The Balaban J connectivity index is 4.83. The molecule has 0 rings (SSSR count). The van der Waals surface area contributed by atoms with Crippen molar-refractivity contribution in [1.82, 2.24) is 0 Å². The minimum atomic E-state index is -3.11. The maximum atomic E-state index is 6.41. The minimum absolute atomic E-state index is 0.188. The van der Waals surface area contributed by atoms with E-state index in [1.54, 1.807) is 0 Å². The van der Waals surface area contributed by atoms with Gasteiger partial charge in [-0.05, 0) is 0 Å². The molecule has 0 saturated carbocycles. The second-order valence-corrected chi connectivity index (χ2v) is 25.1. The van der Waals surface area contributed by atoms with Gasteiger partial charge in [-0.1, -0.05) is 0 Å². The van der Waals surface area contributed by atoms with Crippen molar-refractivity contribution in [3.05, 3.63) is 0 Å². The first-order valence-corrected chi connectivity index (χ1v) is 20.2. The average Bonchev–Trinajstić information content (AvgIpc) is 1.83. The molecule has 0 aliphatic rings. The second kappa shape index (κ2) is 6.95. The molecule has 0 aromatic heterocycles. The third kappa shape index (κ3) is 12.3. The monoisotopic (exact) mass is 414 g/mol. The second-order valence-electron chi connectivity index (χ2n) is 8.83.